The van der Waals surface area contributed by atoms with Gasteiger partial charge in [-0.15, -0.1) is 0 Å². The first kappa shape index (κ1) is 23.7. The van der Waals surface area contributed by atoms with E-state index in [1.54, 1.807) is 0 Å². The summed E-state index contributed by atoms with van der Waals surface area (Å²) >= 11 is 0. The molecule has 0 bridgehead atoms. The van der Waals surface area contributed by atoms with Crippen LogP contribution in [0.2, 0.25) is 0 Å². The van der Waals surface area contributed by atoms with Gasteiger partial charge in [0.25, 0.3) is 0 Å². The van der Waals surface area contributed by atoms with Crippen molar-refractivity contribution < 1.29 is 8.42 Å². The first-order chi connectivity index (χ1) is 14.4. The molecule has 0 saturated carbocycles. The largest absolute Gasteiger partial charge is 0.372 e. The molecule has 0 atom stereocenters. The highest BCUT2D eigenvalue weighted by atomic mass is 32.2. The first-order valence-electron chi connectivity index (χ1n) is 10.5. The molecule has 0 fully saturated rings. The van der Waals surface area contributed by atoms with Gasteiger partial charge in [-0.3, -0.25) is 0 Å². The van der Waals surface area contributed by atoms with Crippen LogP contribution in [0.1, 0.15) is 31.4 Å². The van der Waals surface area contributed by atoms with Crippen molar-refractivity contribution in [1.82, 2.24) is 10.6 Å². The quantitative estimate of drug-likeness (QED) is 0.325. The highest BCUT2D eigenvalue weighted by Crippen LogP contribution is 2.12. The summed E-state index contributed by atoms with van der Waals surface area (Å²) in [6.07, 6.45) is 2.26. The average Bonchev–Trinajstić information content (AvgIpc) is 2.72. The van der Waals surface area contributed by atoms with Crippen LogP contribution in [0.15, 0.2) is 59.6 Å². The molecule has 2 rings (SSSR count). The van der Waals surface area contributed by atoms with E-state index in [-0.39, 0.29) is 5.75 Å². The summed E-state index contributed by atoms with van der Waals surface area (Å²) < 4.78 is 22.8. The lowest BCUT2D eigenvalue weighted by Crippen LogP contribution is -2.38. The van der Waals surface area contributed by atoms with Crippen molar-refractivity contribution in [3.63, 3.8) is 0 Å². The maximum absolute atomic E-state index is 11.4. The second-order valence-electron chi connectivity index (χ2n) is 7.28. The Bertz CT molecular complexity index is 881. The second kappa shape index (κ2) is 12.2. The summed E-state index contributed by atoms with van der Waals surface area (Å²) in [5, 5.41) is 6.67. The Hall–Kier alpha value is -2.54. The number of guanidine groups is 1. The monoisotopic (exact) mass is 430 g/mol. The van der Waals surface area contributed by atoms with Gasteiger partial charge in [-0.25, -0.2) is 13.4 Å². The van der Waals surface area contributed by atoms with E-state index in [2.05, 4.69) is 51.7 Å². The highest BCUT2D eigenvalue weighted by molar-refractivity contribution is 7.89. The molecule has 0 aliphatic rings. The van der Waals surface area contributed by atoms with E-state index in [4.69, 9.17) is 0 Å². The summed E-state index contributed by atoms with van der Waals surface area (Å²) in [4.78, 5) is 7.01. The minimum Gasteiger partial charge on any atom is -0.372 e. The molecular weight excluding hydrogens is 396 g/mol. The molecule has 0 spiro atoms. The standard InChI is InChI=1S/C23H34N4O2S/c1-4-24-23(25-16-9-17-27(5-2)22-10-7-6-8-11-22)26-18-20-12-14-21(15-13-20)19-30(3,28)29/h6-8,10-15H,4-5,9,16-19H2,1-3H3,(H2,24,25,26). The van der Waals surface area contributed by atoms with Crippen molar-refractivity contribution in [2.75, 3.05) is 37.3 Å². The molecule has 2 aromatic rings. The Morgan fingerprint density at radius 1 is 0.967 bits per heavy atom. The number of hydrogen-bond acceptors (Lipinski definition) is 4. The van der Waals surface area contributed by atoms with Crippen LogP contribution < -0.4 is 15.5 Å². The molecule has 2 N–H and O–H groups in total. The van der Waals surface area contributed by atoms with Gasteiger partial charge in [0.2, 0.25) is 0 Å². The van der Waals surface area contributed by atoms with Crippen LogP contribution in [0.5, 0.6) is 0 Å². The van der Waals surface area contributed by atoms with Gasteiger partial charge in [0.1, 0.15) is 0 Å². The Balaban J connectivity index is 1.84. The number of anilines is 1. The number of benzene rings is 2. The third kappa shape index (κ3) is 8.86. The lowest BCUT2D eigenvalue weighted by Gasteiger charge is -2.23. The molecular formula is C23H34N4O2S. The van der Waals surface area contributed by atoms with Crippen molar-refractivity contribution in [1.29, 1.82) is 0 Å². The molecule has 0 heterocycles. The van der Waals surface area contributed by atoms with Crippen LogP contribution >= 0.6 is 0 Å². The SMILES string of the molecule is CCNC(=NCc1ccc(CS(C)(=O)=O)cc1)NCCCN(CC)c1ccccc1. The normalized spacial score (nSPS) is 11.9. The highest BCUT2D eigenvalue weighted by Gasteiger charge is 2.05. The van der Waals surface area contributed by atoms with Gasteiger partial charge in [-0.05, 0) is 43.5 Å². The van der Waals surface area contributed by atoms with Crippen LogP contribution in [0, 0.1) is 0 Å². The van der Waals surface area contributed by atoms with Crippen molar-refractivity contribution in [2.45, 2.75) is 32.6 Å². The Kier molecular flexibility index (Phi) is 9.67. The summed E-state index contributed by atoms with van der Waals surface area (Å²) in [7, 11) is -3.01. The number of nitrogens with one attached hydrogen (secondary N) is 2. The molecule has 30 heavy (non-hydrogen) atoms. The molecule has 2 aromatic carbocycles. The van der Waals surface area contributed by atoms with Gasteiger partial charge < -0.3 is 15.5 Å². The third-order valence-electron chi connectivity index (χ3n) is 4.62. The molecule has 0 saturated heterocycles. The number of para-hydroxylation sites is 1. The van der Waals surface area contributed by atoms with Crippen molar-refractivity contribution in [2.24, 2.45) is 4.99 Å². The Morgan fingerprint density at radius 2 is 1.63 bits per heavy atom. The van der Waals surface area contributed by atoms with Crippen molar-refractivity contribution >= 4 is 21.5 Å². The van der Waals surface area contributed by atoms with Gasteiger partial charge in [-0.1, -0.05) is 42.5 Å². The van der Waals surface area contributed by atoms with E-state index in [1.807, 2.05) is 37.3 Å². The smallest absolute Gasteiger partial charge is 0.191 e. The Labute approximate surface area is 181 Å². The maximum atomic E-state index is 11.4. The van der Waals surface area contributed by atoms with E-state index in [0.29, 0.717) is 6.54 Å². The predicted octanol–water partition coefficient (Wildman–Crippen LogP) is 3.20. The molecule has 6 nitrogen and oxygen atoms in total. The summed E-state index contributed by atoms with van der Waals surface area (Å²) in [5.41, 5.74) is 3.10. The molecule has 0 unspecified atom stereocenters. The van der Waals surface area contributed by atoms with Crippen molar-refractivity contribution in [3.8, 4) is 0 Å². The van der Waals surface area contributed by atoms with E-state index in [9.17, 15) is 8.42 Å². The minimum absolute atomic E-state index is 0.0680. The molecule has 0 amide bonds. The number of aliphatic imine (C=N–C) groups is 1. The zero-order valence-electron chi connectivity index (χ0n) is 18.3. The number of hydrogen-bond donors (Lipinski definition) is 2. The van der Waals surface area contributed by atoms with E-state index >= 15 is 0 Å². The average molecular weight is 431 g/mol. The molecule has 0 aromatic heterocycles. The van der Waals surface area contributed by atoms with Gasteiger partial charge in [0, 0.05) is 38.1 Å². The van der Waals surface area contributed by atoms with Gasteiger partial charge >= 0.3 is 0 Å². The van der Waals surface area contributed by atoms with Gasteiger partial charge in [-0.2, -0.15) is 0 Å². The lowest BCUT2D eigenvalue weighted by atomic mass is 10.1. The number of nitrogens with zero attached hydrogens (tertiary/aromatic N) is 2. The first-order valence-corrected chi connectivity index (χ1v) is 12.5. The van der Waals surface area contributed by atoms with Crippen LogP contribution in [0.25, 0.3) is 0 Å². The van der Waals surface area contributed by atoms with Crippen LogP contribution in [-0.4, -0.2) is 46.8 Å². The van der Waals surface area contributed by atoms with Gasteiger partial charge in [0.05, 0.1) is 12.3 Å². The second-order valence-corrected chi connectivity index (χ2v) is 9.42. The van der Waals surface area contributed by atoms with Crippen LogP contribution in [-0.2, 0) is 22.1 Å². The summed E-state index contributed by atoms with van der Waals surface area (Å²) in [6.45, 7) is 8.35. The molecule has 7 heteroatoms. The third-order valence-corrected chi connectivity index (χ3v) is 5.47. The molecule has 0 aliphatic carbocycles. The summed E-state index contributed by atoms with van der Waals surface area (Å²) in [6, 6.07) is 18.0. The number of sulfone groups is 1. The molecule has 164 valence electrons. The van der Waals surface area contributed by atoms with Gasteiger partial charge in [0.15, 0.2) is 15.8 Å². The van der Waals surface area contributed by atoms with Crippen LogP contribution in [0.4, 0.5) is 5.69 Å². The molecule has 0 aliphatic heterocycles. The van der Waals surface area contributed by atoms with E-state index in [1.165, 1.54) is 11.9 Å². The predicted molar refractivity (Wildman–Crippen MR) is 127 cm³/mol. The number of rotatable bonds is 11. The van der Waals surface area contributed by atoms with E-state index < -0.39 is 9.84 Å². The maximum Gasteiger partial charge on any atom is 0.191 e. The van der Waals surface area contributed by atoms with E-state index in [0.717, 1.165) is 49.7 Å². The Morgan fingerprint density at radius 3 is 2.23 bits per heavy atom. The van der Waals surface area contributed by atoms with Crippen molar-refractivity contribution in [3.05, 3.63) is 65.7 Å². The topological polar surface area (TPSA) is 73.8 Å². The lowest BCUT2D eigenvalue weighted by molar-refractivity contribution is 0.601. The zero-order chi connectivity index (χ0) is 21.8. The molecule has 0 radical (unpaired) electrons. The fourth-order valence-electron chi connectivity index (χ4n) is 3.14. The fourth-order valence-corrected chi connectivity index (χ4v) is 3.94. The minimum atomic E-state index is -3.01. The fraction of sp³-hybridized carbons (Fsp3) is 0.435. The summed E-state index contributed by atoms with van der Waals surface area (Å²) in [5.74, 6) is 0.860. The van der Waals surface area contributed by atoms with Crippen LogP contribution in [0.3, 0.4) is 0 Å². The zero-order valence-corrected chi connectivity index (χ0v) is 19.1.